The summed E-state index contributed by atoms with van der Waals surface area (Å²) in [5, 5.41) is 3.42. The number of nitrogens with one attached hydrogen (secondary N) is 1. The van der Waals surface area contributed by atoms with Gasteiger partial charge in [0.25, 0.3) is 0 Å². The summed E-state index contributed by atoms with van der Waals surface area (Å²) in [6.45, 7) is 1.40. The van der Waals surface area contributed by atoms with Crippen molar-refractivity contribution >= 4 is 10.0 Å². The van der Waals surface area contributed by atoms with Gasteiger partial charge in [-0.25, -0.2) is 12.7 Å². The quantitative estimate of drug-likeness (QED) is 0.841. The summed E-state index contributed by atoms with van der Waals surface area (Å²) in [6, 6.07) is 7.97. The normalized spacial score (nSPS) is 19.7. The van der Waals surface area contributed by atoms with Gasteiger partial charge in [-0.15, -0.1) is 0 Å². The molecule has 2 aliphatic carbocycles. The van der Waals surface area contributed by atoms with E-state index in [2.05, 4.69) is 5.32 Å². The van der Waals surface area contributed by atoms with E-state index in [0.717, 1.165) is 24.9 Å². The summed E-state index contributed by atoms with van der Waals surface area (Å²) in [5.41, 5.74) is 1.04. The number of hydrogen-bond acceptors (Lipinski definition) is 3. The molecule has 2 fully saturated rings. The van der Waals surface area contributed by atoms with E-state index in [1.54, 1.807) is 13.1 Å². The second-order valence-corrected chi connectivity index (χ2v) is 8.43. The van der Waals surface area contributed by atoms with Crippen LogP contribution >= 0.6 is 0 Å². The Morgan fingerprint density at radius 3 is 2.62 bits per heavy atom. The summed E-state index contributed by atoms with van der Waals surface area (Å²) in [6.07, 6.45) is 6.03. The van der Waals surface area contributed by atoms with E-state index in [0.29, 0.717) is 23.4 Å². The molecule has 2 aliphatic rings. The predicted molar refractivity (Wildman–Crippen MR) is 83.5 cm³/mol. The molecule has 3 rings (SSSR count). The third kappa shape index (κ3) is 3.65. The van der Waals surface area contributed by atoms with Crippen molar-refractivity contribution in [2.24, 2.45) is 5.92 Å². The van der Waals surface area contributed by atoms with Crippen LogP contribution in [0.15, 0.2) is 29.2 Å². The lowest BCUT2D eigenvalue weighted by Crippen LogP contribution is -2.34. The third-order valence-electron chi connectivity index (χ3n) is 4.52. The molecule has 1 aromatic rings. The number of hydrogen-bond donors (Lipinski definition) is 1. The lowest BCUT2D eigenvalue weighted by atomic mass is 9.86. The maximum atomic E-state index is 12.6. The van der Waals surface area contributed by atoms with Crippen LogP contribution in [0.2, 0.25) is 0 Å². The third-order valence-corrected chi connectivity index (χ3v) is 6.34. The molecule has 0 unspecified atom stereocenters. The minimum Gasteiger partial charge on any atom is -0.310 e. The Balaban J connectivity index is 1.69. The number of sulfonamides is 1. The Labute approximate surface area is 127 Å². The van der Waals surface area contributed by atoms with Gasteiger partial charge < -0.3 is 5.32 Å². The fourth-order valence-electron chi connectivity index (χ4n) is 2.68. The zero-order valence-corrected chi connectivity index (χ0v) is 13.4. The van der Waals surface area contributed by atoms with Crippen LogP contribution in [0.1, 0.15) is 37.7 Å². The molecule has 0 heterocycles. The molecule has 0 bridgehead atoms. The highest BCUT2D eigenvalue weighted by Gasteiger charge is 2.27. The van der Waals surface area contributed by atoms with Crippen LogP contribution in [-0.2, 0) is 16.6 Å². The van der Waals surface area contributed by atoms with Crippen LogP contribution in [0.25, 0.3) is 0 Å². The Kier molecular flexibility index (Phi) is 4.33. The molecule has 1 N–H and O–H groups in total. The maximum absolute atomic E-state index is 12.6. The van der Waals surface area contributed by atoms with Gasteiger partial charge in [-0.3, -0.25) is 0 Å². The lowest BCUT2D eigenvalue weighted by Gasteiger charge is -2.29. The van der Waals surface area contributed by atoms with E-state index in [1.807, 2.05) is 18.2 Å². The van der Waals surface area contributed by atoms with Crippen LogP contribution in [0.3, 0.4) is 0 Å². The zero-order chi connectivity index (χ0) is 14.9. The first-order valence-corrected chi connectivity index (χ1v) is 9.28. The van der Waals surface area contributed by atoms with Crippen LogP contribution < -0.4 is 5.32 Å². The molecule has 0 spiro atoms. The molecule has 2 saturated carbocycles. The van der Waals surface area contributed by atoms with Gasteiger partial charge in [-0.2, -0.15) is 0 Å². The van der Waals surface area contributed by atoms with Crippen molar-refractivity contribution in [1.29, 1.82) is 0 Å². The fourth-order valence-corrected chi connectivity index (χ4v) is 4.00. The van der Waals surface area contributed by atoms with Gasteiger partial charge in [0.1, 0.15) is 0 Å². The van der Waals surface area contributed by atoms with E-state index in [4.69, 9.17) is 0 Å². The first kappa shape index (κ1) is 15.0. The average Bonchev–Trinajstić information content (AvgIpc) is 3.24. The Morgan fingerprint density at radius 1 is 1.24 bits per heavy atom. The molecule has 0 saturated heterocycles. The number of rotatable bonds is 7. The largest absolute Gasteiger partial charge is 0.310 e. The standard InChI is InChI=1S/C16H24N2O2S/c1-18(12-13-4-2-5-13)21(19,20)16-7-3-6-14(10-16)11-17-15-8-9-15/h3,6-7,10,13,15,17H,2,4-5,8-9,11-12H2,1H3. The second-order valence-electron chi connectivity index (χ2n) is 6.39. The summed E-state index contributed by atoms with van der Waals surface area (Å²) in [5.74, 6) is 0.546. The predicted octanol–water partition coefficient (Wildman–Crippen LogP) is 2.36. The van der Waals surface area contributed by atoms with Gasteiger partial charge >= 0.3 is 0 Å². The maximum Gasteiger partial charge on any atom is 0.242 e. The first-order valence-electron chi connectivity index (χ1n) is 7.84. The summed E-state index contributed by atoms with van der Waals surface area (Å²) in [4.78, 5) is 0.416. The molecule has 5 heteroatoms. The van der Waals surface area contributed by atoms with Gasteiger partial charge in [0.15, 0.2) is 0 Å². The van der Waals surface area contributed by atoms with E-state index in [-0.39, 0.29) is 0 Å². The molecule has 116 valence electrons. The monoisotopic (exact) mass is 308 g/mol. The molecular weight excluding hydrogens is 284 g/mol. The zero-order valence-electron chi connectivity index (χ0n) is 12.6. The van der Waals surface area contributed by atoms with Gasteiger partial charge in [-0.05, 0) is 49.3 Å². The first-order chi connectivity index (χ1) is 10.1. The second kappa shape index (κ2) is 6.07. The van der Waals surface area contributed by atoms with Crippen molar-refractivity contribution in [3.05, 3.63) is 29.8 Å². The number of benzene rings is 1. The van der Waals surface area contributed by atoms with Crippen molar-refractivity contribution < 1.29 is 8.42 Å². The Morgan fingerprint density at radius 2 is 2.00 bits per heavy atom. The van der Waals surface area contributed by atoms with Crippen LogP contribution in [-0.4, -0.2) is 32.4 Å². The van der Waals surface area contributed by atoms with Crippen LogP contribution in [0, 0.1) is 5.92 Å². The van der Waals surface area contributed by atoms with E-state index in [9.17, 15) is 8.42 Å². The highest BCUT2D eigenvalue weighted by molar-refractivity contribution is 7.89. The molecule has 0 radical (unpaired) electrons. The molecule has 0 aliphatic heterocycles. The lowest BCUT2D eigenvalue weighted by molar-refractivity contribution is 0.263. The smallest absolute Gasteiger partial charge is 0.242 e. The topological polar surface area (TPSA) is 49.4 Å². The highest BCUT2D eigenvalue weighted by Crippen LogP contribution is 2.28. The SMILES string of the molecule is CN(CC1CCC1)S(=O)(=O)c1cccc(CNC2CC2)c1. The molecule has 0 amide bonds. The van der Waals surface area contributed by atoms with Crippen LogP contribution in [0.5, 0.6) is 0 Å². The van der Waals surface area contributed by atoms with Crippen molar-refractivity contribution in [2.45, 2.75) is 49.6 Å². The minimum atomic E-state index is -3.35. The van der Waals surface area contributed by atoms with Gasteiger partial charge in [0, 0.05) is 26.2 Å². The van der Waals surface area contributed by atoms with Crippen LogP contribution in [0.4, 0.5) is 0 Å². The summed E-state index contributed by atoms with van der Waals surface area (Å²) >= 11 is 0. The van der Waals surface area contributed by atoms with Crippen molar-refractivity contribution in [3.63, 3.8) is 0 Å². The van der Waals surface area contributed by atoms with Crippen molar-refractivity contribution in [3.8, 4) is 0 Å². The summed E-state index contributed by atoms with van der Waals surface area (Å²) in [7, 11) is -1.65. The highest BCUT2D eigenvalue weighted by atomic mass is 32.2. The molecule has 4 nitrogen and oxygen atoms in total. The molecule has 1 aromatic carbocycles. The van der Waals surface area contributed by atoms with Crippen molar-refractivity contribution in [2.75, 3.05) is 13.6 Å². The van der Waals surface area contributed by atoms with E-state index in [1.165, 1.54) is 23.6 Å². The Bertz CT molecular complexity index is 592. The molecule has 0 atom stereocenters. The molecule has 0 aromatic heterocycles. The van der Waals surface area contributed by atoms with E-state index >= 15 is 0 Å². The minimum absolute atomic E-state index is 0.416. The van der Waals surface area contributed by atoms with Gasteiger partial charge in [0.05, 0.1) is 4.90 Å². The Hall–Kier alpha value is -0.910. The van der Waals surface area contributed by atoms with E-state index < -0.39 is 10.0 Å². The van der Waals surface area contributed by atoms with Gasteiger partial charge in [-0.1, -0.05) is 18.6 Å². The number of nitrogens with zero attached hydrogens (tertiary/aromatic N) is 1. The average molecular weight is 308 g/mol. The summed E-state index contributed by atoms with van der Waals surface area (Å²) < 4.78 is 26.7. The molecule has 21 heavy (non-hydrogen) atoms. The molecular formula is C16H24N2O2S. The van der Waals surface area contributed by atoms with Crippen molar-refractivity contribution in [1.82, 2.24) is 9.62 Å². The van der Waals surface area contributed by atoms with Gasteiger partial charge in [0.2, 0.25) is 10.0 Å². The fraction of sp³-hybridized carbons (Fsp3) is 0.625.